The van der Waals surface area contributed by atoms with E-state index in [0.717, 1.165) is 9.87 Å². The molecular weight excluding hydrogens is 569 g/mol. The van der Waals surface area contributed by atoms with Gasteiger partial charge >= 0.3 is 0 Å². The van der Waals surface area contributed by atoms with Crippen molar-refractivity contribution in [2.75, 3.05) is 29.8 Å². The van der Waals surface area contributed by atoms with E-state index >= 15 is 0 Å². The van der Waals surface area contributed by atoms with Gasteiger partial charge in [0.05, 0.1) is 22.2 Å². The topological polar surface area (TPSA) is 104 Å². The smallest absolute Gasteiger partial charge is 0.264 e. The maximum Gasteiger partial charge on any atom is 0.264 e. The molecule has 0 saturated heterocycles. The first-order valence-corrected chi connectivity index (χ1v) is 14.5. The number of likely N-dealkylation sites (N-methyl/N-ethyl adjacent to an activating group) is 1. The molecule has 8 nitrogen and oxygen atoms in total. The number of carbonyl (C=O) groups excluding carboxylic acids is 1. The number of nitrogens with zero attached hydrogens (tertiary/aromatic N) is 2. The number of rotatable bonds is 7. The minimum absolute atomic E-state index is 0.0210. The number of sulfonamides is 2. The molecule has 1 aliphatic rings. The Morgan fingerprint density at radius 3 is 2.31 bits per heavy atom. The van der Waals surface area contributed by atoms with Crippen LogP contribution in [0.25, 0.3) is 0 Å². The number of amides is 1. The Hall–Kier alpha value is -2.34. The second-order valence-corrected chi connectivity index (χ2v) is 13.2. The Morgan fingerprint density at radius 1 is 0.944 bits per heavy atom. The molecule has 13 heteroatoms. The molecule has 0 fully saturated rings. The van der Waals surface area contributed by atoms with Gasteiger partial charge in [-0.05, 0) is 66.6 Å². The van der Waals surface area contributed by atoms with Crippen LogP contribution in [0.15, 0.2) is 70.5 Å². The van der Waals surface area contributed by atoms with Gasteiger partial charge in [-0.15, -0.1) is 0 Å². The van der Waals surface area contributed by atoms with Crippen molar-refractivity contribution in [1.29, 1.82) is 0 Å². The molecule has 190 valence electrons. The van der Waals surface area contributed by atoms with Crippen LogP contribution >= 0.6 is 34.8 Å². The van der Waals surface area contributed by atoms with Crippen molar-refractivity contribution < 1.29 is 21.6 Å². The molecule has 1 amide bonds. The number of anilines is 2. The number of nitrogens with one attached hydrogen (secondary N) is 1. The second-order valence-electron chi connectivity index (χ2n) is 8.01. The predicted molar refractivity (Wildman–Crippen MR) is 141 cm³/mol. The van der Waals surface area contributed by atoms with Crippen LogP contribution in [0.3, 0.4) is 0 Å². The molecule has 0 bridgehead atoms. The molecule has 0 radical (unpaired) electrons. The van der Waals surface area contributed by atoms with Crippen molar-refractivity contribution in [3.05, 3.63) is 81.3 Å². The van der Waals surface area contributed by atoms with Gasteiger partial charge in [-0.3, -0.25) is 9.10 Å². The molecule has 0 saturated carbocycles. The molecule has 3 aromatic carbocycles. The van der Waals surface area contributed by atoms with Crippen molar-refractivity contribution in [3.8, 4) is 0 Å². The minimum Gasteiger partial charge on any atom is -0.325 e. The Kier molecular flexibility index (Phi) is 7.57. The molecule has 0 aliphatic carbocycles. The predicted octanol–water partition coefficient (Wildman–Crippen LogP) is 4.66. The third kappa shape index (κ3) is 5.34. The highest BCUT2D eigenvalue weighted by atomic mass is 35.5. The molecule has 1 aliphatic heterocycles. The first kappa shape index (κ1) is 26.7. The van der Waals surface area contributed by atoms with Gasteiger partial charge in [-0.1, -0.05) is 40.9 Å². The van der Waals surface area contributed by atoms with E-state index in [1.807, 2.05) is 0 Å². The fourth-order valence-corrected chi connectivity index (χ4v) is 7.22. The lowest BCUT2D eigenvalue weighted by Gasteiger charge is -2.21. The van der Waals surface area contributed by atoms with E-state index < -0.39 is 32.5 Å². The van der Waals surface area contributed by atoms with E-state index in [9.17, 15) is 21.6 Å². The molecule has 4 rings (SSSR count). The summed E-state index contributed by atoms with van der Waals surface area (Å²) in [6.45, 7) is -0.256. The highest BCUT2D eigenvalue weighted by Crippen LogP contribution is 2.35. The lowest BCUT2D eigenvalue weighted by Crippen LogP contribution is -2.35. The van der Waals surface area contributed by atoms with Crippen LogP contribution in [-0.4, -0.2) is 47.2 Å². The average molecular weight is 589 g/mol. The minimum atomic E-state index is -4.09. The summed E-state index contributed by atoms with van der Waals surface area (Å²) in [5.74, 6) is -0.621. The molecule has 36 heavy (non-hydrogen) atoms. The molecule has 0 atom stereocenters. The first-order chi connectivity index (χ1) is 16.9. The zero-order chi connectivity index (χ0) is 26.3. The van der Waals surface area contributed by atoms with Gasteiger partial charge in [0.2, 0.25) is 15.9 Å². The second kappa shape index (κ2) is 10.2. The number of fused-ring (bicyclic) bond motifs is 1. The molecule has 0 spiro atoms. The van der Waals surface area contributed by atoms with Crippen molar-refractivity contribution in [1.82, 2.24) is 4.31 Å². The highest BCUT2D eigenvalue weighted by Gasteiger charge is 2.31. The van der Waals surface area contributed by atoms with E-state index in [1.54, 1.807) is 18.2 Å². The normalized spacial score (nSPS) is 13.6. The van der Waals surface area contributed by atoms with Crippen LogP contribution in [0.4, 0.5) is 11.4 Å². The van der Waals surface area contributed by atoms with Gasteiger partial charge in [0, 0.05) is 29.3 Å². The summed E-state index contributed by atoms with van der Waals surface area (Å²) in [5, 5.41) is 3.22. The maximum atomic E-state index is 13.2. The van der Waals surface area contributed by atoms with Crippen LogP contribution in [0.2, 0.25) is 15.1 Å². The number of halogens is 3. The fourth-order valence-electron chi connectivity index (χ4n) is 3.74. The van der Waals surface area contributed by atoms with Crippen molar-refractivity contribution in [3.63, 3.8) is 0 Å². The van der Waals surface area contributed by atoms with Gasteiger partial charge in [0.25, 0.3) is 10.0 Å². The molecule has 1 heterocycles. The summed E-state index contributed by atoms with van der Waals surface area (Å²) in [5.41, 5.74) is 1.57. The Morgan fingerprint density at radius 2 is 1.61 bits per heavy atom. The van der Waals surface area contributed by atoms with Crippen LogP contribution in [0.5, 0.6) is 0 Å². The van der Waals surface area contributed by atoms with Gasteiger partial charge in [0.1, 0.15) is 4.90 Å². The lowest BCUT2D eigenvalue weighted by atomic mass is 10.1. The maximum absolute atomic E-state index is 13.2. The zero-order valence-corrected chi connectivity index (χ0v) is 22.7. The van der Waals surface area contributed by atoms with Gasteiger partial charge in [0.15, 0.2) is 0 Å². The molecule has 3 aromatic rings. The van der Waals surface area contributed by atoms with Crippen LogP contribution < -0.4 is 9.62 Å². The lowest BCUT2D eigenvalue weighted by molar-refractivity contribution is -0.116. The molecular formula is C23H20Cl3N3O5S2. The summed E-state index contributed by atoms with van der Waals surface area (Å²) in [6.07, 6.45) is 0.512. The Bertz CT molecular complexity index is 1550. The van der Waals surface area contributed by atoms with E-state index in [4.69, 9.17) is 34.8 Å². The van der Waals surface area contributed by atoms with Crippen molar-refractivity contribution in [2.45, 2.75) is 16.2 Å². The van der Waals surface area contributed by atoms with Gasteiger partial charge < -0.3 is 5.32 Å². The largest absolute Gasteiger partial charge is 0.325 e. The summed E-state index contributed by atoms with van der Waals surface area (Å²) in [4.78, 5) is 12.5. The molecule has 1 N–H and O–H groups in total. The molecule has 0 aromatic heterocycles. The van der Waals surface area contributed by atoms with Gasteiger partial charge in [-0.25, -0.2) is 16.8 Å². The molecule has 0 unspecified atom stereocenters. The number of hydrogen-bond acceptors (Lipinski definition) is 5. The summed E-state index contributed by atoms with van der Waals surface area (Å²) < 4.78 is 54.3. The number of hydrogen-bond donors (Lipinski definition) is 1. The zero-order valence-electron chi connectivity index (χ0n) is 18.8. The highest BCUT2D eigenvalue weighted by molar-refractivity contribution is 7.92. The quantitative estimate of drug-likeness (QED) is 0.433. The van der Waals surface area contributed by atoms with E-state index in [-0.39, 0.29) is 26.4 Å². The first-order valence-electron chi connectivity index (χ1n) is 10.5. The van der Waals surface area contributed by atoms with Gasteiger partial charge in [-0.2, -0.15) is 4.31 Å². The van der Waals surface area contributed by atoms with Crippen molar-refractivity contribution in [2.24, 2.45) is 0 Å². The third-order valence-electron chi connectivity index (χ3n) is 5.57. The Labute approximate surface area is 224 Å². The monoisotopic (exact) mass is 587 g/mol. The summed E-state index contributed by atoms with van der Waals surface area (Å²) in [7, 11) is -6.69. The standard InChI is InChI=1S/C23H20Cl3N3O5S2/c1-28(36(33,34)22-12-17(25)5-9-20(22)26)14-23(30)27-18-6-2-15-10-11-29(21(15)13-18)35(31,32)19-7-3-16(24)4-8-19/h2-9,12-13H,10-11,14H2,1H3,(H,27,30). The van der Waals surface area contributed by atoms with E-state index in [2.05, 4.69) is 5.32 Å². The summed E-state index contributed by atoms with van der Waals surface area (Å²) >= 11 is 17.8. The SMILES string of the molecule is CN(CC(=O)Nc1ccc2c(c1)N(S(=O)(=O)c1ccc(Cl)cc1)CC2)S(=O)(=O)c1cc(Cl)ccc1Cl. The number of benzene rings is 3. The van der Waals surface area contributed by atoms with Crippen LogP contribution in [0, 0.1) is 0 Å². The third-order valence-corrected chi connectivity index (χ3v) is 10.2. The average Bonchev–Trinajstić information content (AvgIpc) is 3.25. The van der Waals surface area contributed by atoms with Crippen LogP contribution in [-0.2, 0) is 31.3 Å². The number of carbonyl (C=O) groups is 1. The van der Waals surface area contributed by atoms with Crippen LogP contribution in [0.1, 0.15) is 5.56 Å². The Balaban J connectivity index is 1.52. The fraction of sp³-hybridized carbons (Fsp3) is 0.174. The van der Waals surface area contributed by atoms with E-state index in [1.165, 1.54) is 53.8 Å². The summed E-state index contributed by atoms with van der Waals surface area (Å²) in [6, 6.07) is 14.8. The van der Waals surface area contributed by atoms with E-state index in [0.29, 0.717) is 22.8 Å². The van der Waals surface area contributed by atoms with Crippen molar-refractivity contribution >= 4 is 72.1 Å².